The number of hydrogen-bond donors (Lipinski definition) is 1. The van der Waals surface area contributed by atoms with Crippen molar-refractivity contribution in [1.82, 2.24) is 14.3 Å². The number of pyridine rings is 1. The molecule has 106 valence electrons. The lowest BCUT2D eigenvalue weighted by molar-refractivity contribution is 0.0677. The van der Waals surface area contributed by atoms with Crippen LogP contribution in [0.3, 0.4) is 0 Å². The lowest BCUT2D eigenvalue weighted by Crippen LogP contribution is -2.30. The van der Waals surface area contributed by atoms with Gasteiger partial charge in [-0.05, 0) is 31.9 Å². The summed E-state index contributed by atoms with van der Waals surface area (Å²) in [6.45, 7) is 5.87. The molecule has 1 fully saturated rings. The minimum atomic E-state index is -0.623. The van der Waals surface area contributed by atoms with Gasteiger partial charge in [0.15, 0.2) is 0 Å². The van der Waals surface area contributed by atoms with E-state index in [4.69, 9.17) is 0 Å². The molecule has 1 N–H and O–H groups in total. The zero-order valence-corrected chi connectivity index (χ0v) is 11.8. The highest BCUT2D eigenvalue weighted by Gasteiger charge is 2.31. The molecular weight excluding hydrogens is 254 g/mol. The van der Waals surface area contributed by atoms with E-state index in [1.54, 1.807) is 16.7 Å². The molecule has 2 aromatic rings. The molecule has 1 saturated heterocycles. The monoisotopic (exact) mass is 273 g/mol. The van der Waals surface area contributed by atoms with Crippen molar-refractivity contribution in [2.45, 2.75) is 32.4 Å². The van der Waals surface area contributed by atoms with Gasteiger partial charge in [0.25, 0.3) is 5.56 Å². The summed E-state index contributed by atoms with van der Waals surface area (Å²) in [4.78, 5) is 18.8. The van der Waals surface area contributed by atoms with Crippen molar-refractivity contribution in [3.05, 3.63) is 46.0 Å². The Labute approximate surface area is 117 Å². The molecule has 0 radical (unpaired) electrons. The van der Waals surface area contributed by atoms with Crippen molar-refractivity contribution in [2.24, 2.45) is 0 Å². The van der Waals surface area contributed by atoms with Gasteiger partial charge in [0.05, 0.1) is 11.3 Å². The molecule has 0 aliphatic carbocycles. The van der Waals surface area contributed by atoms with Crippen LogP contribution in [0.4, 0.5) is 0 Å². The van der Waals surface area contributed by atoms with Gasteiger partial charge in [-0.15, -0.1) is 0 Å². The van der Waals surface area contributed by atoms with Crippen LogP contribution in [-0.2, 0) is 6.54 Å². The third kappa shape index (κ3) is 2.46. The van der Waals surface area contributed by atoms with E-state index in [0.29, 0.717) is 18.7 Å². The number of likely N-dealkylation sites (tertiary alicyclic amines) is 1. The molecule has 3 heterocycles. The van der Waals surface area contributed by atoms with E-state index in [9.17, 15) is 9.90 Å². The normalized spacial score (nSPS) is 23.6. The topological polar surface area (TPSA) is 57.8 Å². The summed E-state index contributed by atoms with van der Waals surface area (Å²) in [7, 11) is 0. The fourth-order valence-electron chi connectivity index (χ4n) is 2.79. The lowest BCUT2D eigenvalue weighted by Gasteiger charge is -2.18. The Bertz CT molecular complexity index is 706. The number of aromatic nitrogens is 2. The van der Waals surface area contributed by atoms with Crippen molar-refractivity contribution < 1.29 is 5.11 Å². The summed E-state index contributed by atoms with van der Waals surface area (Å²) >= 11 is 0. The predicted octanol–water partition coefficient (Wildman–Crippen LogP) is 0.960. The lowest BCUT2D eigenvalue weighted by atomic mass is 10.1. The maximum atomic E-state index is 12.1. The summed E-state index contributed by atoms with van der Waals surface area (Å²) in [6, 6.07) is 5.38. The van der Waals surface area contributed by atoms with Crippen LogP contribution in [0.2, 0.25) is 0 Å². The van der Waals surface area contributed by atoms with Gasteiger partial charge in [-0.25, -0.2) is 4.98 Å². The maximum Gasteiger partial charge on any atom is 0.258 e. The van der Waals surface area contributed by atoms with Crippen LogP contribution in [0.5, 0.6) is 0 Å². The van der Waals surface area contributed by atoms with Gasteiger partial charge in [0.1, 0.15) is 5.65 Å². The number of hydrogen-bond acceptors (Lipinski definition) is 4. The van der Waals surface area contributed by atoms with Crippen molar-refractivity contribution in [3.63, 3.8) is 0 Å². The summed E-state index contributed by atoms with van der Waals surface area (Å²) in [5, 5.41) is 9.99. The second kappa shape index (κ2) is 4.68. The minimum Gasteiger partial charge on any atom is -0.389 e. The molecule has 1 atom stereocenters. The van der Waals surface area contributed by atoms with Crippen LogP contribution in [0.25, 0.3) is 5.65 Å². The van der Waals surface area contributed by atoms with Crippen LogP contribution in [0, 0.1) is 6.92 Å². The van der Waals surface area contributed by atoms with Crippen LogP contribution >= 0.6 is 0 Å². The van der Waals surface area contributed by atoms with Crippen LogP contribution in [0.15, 0.2) is 29.2 Å². The molecule has 0 bridgehead atoms. The minimum absolute atomic E-state index is 0.0559. The molecule has 3 rings (SSSR count). The quantitative estimate of drug-likeness (QED) is 0.885. The smallest absolute Gasteiger partial charge is 0.258 e. The summed E-state index contributed by atoms with van der Waals surface area (Å²) in [5.41, 5.74) is 1.78. The molecule has 1 aliphatic heterocycles. The first-order valence-electron chi connectivity index (χ1n) is 6.87. The Morgan fingerprint density at radius 1 is 1.50 bits per heavy atom. The van der Waals surface area contributed by atoms with Gasteiger partial charge in [-0.1, -0.05) is 6.07 Å². The Morgan fingerprint density at radius 3 is 3.00 bits per heavy atom. The van der Waals surface area contributed by atoms with Gasteiger partial charge in [-0.3, -0.25) is 14.1 Å². The Kier molecular flexibility index (Phi) is 3.11. The molecule has 5 nitrogen and oxygen atoms in total. The summed E-state index contributed by atoms with van der Waals surface area (Å²) in [5.74, 6) is 0. The van der Waals surface area contributed by atoms with Crippen molar-refractivity contribution in [1.29, 1.82) is 0 Å². The Balaban J connectivity index is 1.93. The first-order chi connectivity index (χ1) is 9.44. The third-order valence-corrected chi connectivity index (χ3v) is 3.86. The molecule has 0 saturated carbocycles. The number of aliphatic hydroxyl groups is 1. The summed E-state index contributed by atoms with van der Waals surface area (Å²) in [6.07, 6.45) is 2.50. The summed E-state index contributed by atoms with van der Waals surface area (Å²) < 4.78 is 1.57. The van der Waals surface area contributed by atoms with Crippen LogP contribution in [0.1, 0.15) is 24.6 Å². The highest BCUT2D eigenvalue weighted by molar-refractivity contribution is 5.46. The number of rotatable bonds is 2. The Hall–Kier alpha value is -1.72. The van der Waals surface area contributed by atoms with E-state index in [2.05, 4.69) is 9.88 Å². The first-order valence-corrected chi connectivity index (χ1v) is 6.87. The average molecular weight is 273 g/mol. The molecule has 0 amide bonds. The van der Waals surface area contributed by atoms with Crippen LogP contribution < -0.4 is 5.56 Å². The fourth-order valence-corrected chi connectivity index (χ4v) is 2.79. The van der Waals surface area contributed by atoms with Gasteiger partial charge in [0.2, 0.25) is 0 Å². The zero-order valence-electron chi connectivity index (χ0n) is 11.8. The SMILES string of the molecule is Cc1cccn2c(=O)cc(CN3CCC(C)(O)C3)nc12. The predicted molar refractivity (Wildman–Crippen MR) is 76.7 cm³/mol. The van der Waals surface area contributed by atoms with E-state index >= 15 is 0 Å². The highest BCUT2D eigenvalue weighted by Crippen LogP contribution is 2.21. The van der Waals surface area contributed by atoms with Gasteiger partial charge in [-0.2, -0.15) is 0 Å². The zero-order chi connectivity index (χ0) is 14.3. The van der Waals surface area contributed by atoms with Gasteiger partial charge < -0.3 is 5.11 Å². The average Bonchev–Trinajstić information content (AvgIpc) is 2.70. The second-order valence-electron chi connectivity index (χ2n) is 5.93. The van der Waals surface area contributed by atoms with Crippen molar-refractivity contribution >= 4 is 5.65 Å². The third-order valence-electron chi connectivity index (χ3n) is 3.86. The molecule has 2 aromatic heterocycles. The van der Waals surface area contributed by atoms with Crippen molar-refractivity contribution in [2.75, 3.05) is 13.1 Å². The van der Waals surface area contributed by atoms with E-state index in [0.717, 1.165) is 24.2 Å². The van der Waals surface area contributed by atoms with Gasteiger partial charge in [0, 0.05) is 31.9 Å². The molecular formula is C15H19N3O2. The van der Waals surface area contributed by atoms with Gasteiger partial charge >= 0.3 is 0 Å². The molecule has 20 heavy (non-hydrogen) atoms. The second-order valence-corrected chi connectivity index (χ2v) is 5.93. The van der Waals surface area contributed by atoms with E-state index in [1.807, 2.05) is 26.0 Å². The number of β-amino-alcohol motifs (C(OH)–C–C–N with tert-alkyl or cyclic N) is 1. The highest BCUT2D eigenvalue weighted by atomic mass is 16.3. The molecule has 1 aliphatic rings. The number of fused-ring (bicyclic) bond motifs is 1. The fraction of sp³-hybridized carbons (Fsp3) is 0.467. The van der Waals surface area contributed by atoms with Crippen LogP contribution in [-0.4, -0.2) is 38.1 Å². The molecule has 0 spiro atoms. The van der Waals surface area contributed by atoms with Crippen molar-refractivity contribution in [3.8, 4) is 0 Å². The largest absolute Gasteiger partial charge is 0.389 e. The number of aryl methyl sites for hydroxylation is 1. The van der Waals surface area contributed by atoms with E-state index in [1.165, 1.54) is 0 Å². The van der Waals surface area contributed by atoms with E-state index < -0.39 is 5.60 Å². The molecule has 5 heteroatoms. The maximum absolute atomic E-state index is 12.1. The molecule has 0 aromatic carbocycles. The van der Waals surface area contributed by atoms with E-state index in [-0.39, 0.29) is 5.56 Å². The Morgan fingerprint density at radius 2 is 2.30 bits per heavy atom. The molecule has 1 unspecified atom stereocenters. The standard InChI is InChI=1S/C15H19N3O2/c1-11-4-3-6-18-13(19)8-12(16-14(11)18)9-17-7-5-15(2,20)10-17/h3-4,6,8,20H,5,7,9-10H2,1-2H3. The number of nitrogens with zero attached hydrogens (tertiary/aromatic N) is 3. The first kappa shape index (κ1) is 13.3.